The van der Waals surface area contributed by atoms with Gasteiger partial charge in [0.2, 0.25) is 0 Å². The minimum Gasteiger partial charge on any atom is -0.310 e. The third-order valence-electron chi connectivity index (χ3n) is 3.20. The second kappa shape index (κ2) is 6.47. The molecule has 1 fully saturated rings. The fraction of sp³-hybridized carbons (Fsp3) is 0.769. The Morgan fingerprint density at radius 1 is 1.47 bits per heavy atom. The van der Waals surface area contributed by atoms with Gasteiger partial charge in [0.25, 0.3) is 0 Å². The van der Waals surface area contributed by atoms with E-state index in [9.17, 15) is 0 Å². The molecule has 17 heavy (non-hydrogen) atoms. The molecule has 0 aliphatic carbocycles. The van der Waals surface area contributed by atoms with E-state index >= 15 is 0 Å². The van der Waals surface area contributed by atoms with Crippen LogP contribution in [0.2, 0.25) is 0 Å². The van der Waals surface area contributed by atoms with E-state index in [0.29, 0.717) is 0 Å². The van der Waals surface area contributed by atoms with Crippen LogP contribution in [0.15, 0.2) is 5.38 Å². The Morgan fingerprint density at radius 2 is 2.24 bits per heavy atom. The average Bonchev–Trinajstić information content (AvgIpc) is 2.90. The molecule has 0 saturated carbocycles. The van der Waals surface area contributed by atoms with E-state index < -0.39 is 0 Å². The van der Waals surface area contributed by atoms with Gasteiger partial charge in [0.1, 0.15) is 5.01 Å². The fourth-order valence-electron chi connectivity index (χ4n) is 2.38. The number of thiazole rings is 1. The lowest BCUT2D eigenvalue weighted by Crippen LogP contribution is -2.31. The quantitative estimate of drug-likeness (QED) is 0.843. The number of nitrogens with zero attached hydrogens (tertiary/aromatic N) is 2. The van der Waals surface area contributed by atoms with Gasteiger partial charge in [0.05, 0.1) is 0 Å². The number of hydrogen-bond donors (Lipinski definition) is 1. The molecule has 0 aromatic carbocycles. The Labute approximate surface area is 108 Å². The van der Waals surface area contributed by atoms with Crippen LogP contribution in [0.3, 0.4) is 0 Å². The third kappa shape index (κ3) is 4.37. The summed E-state index contributed by atoms with van der Waals surface area (Å²) in [6.45, 7) is 10.2. The molecule has 0 radical (unpaired) electrons. The summed E-state index contributed by atoms with van der Waals surface area (Å²) in [5.74, 6) is 0.731. The molecule has 1 aromatic heterocycles. The molecule has 1 atom stereocenters. The van der Waals surface area contributed by atoms with Gasteiger partial charge in [-0.2, -0.15) is 0 Å². The van der Waals surface area contributed by atoms with E-state index in [2.05, 4.69) is 34.4 Å². The first-order valence-corrected chi connectivity index (χ1v) is 7.46. The zero-order chi connectivity index (χ0) is 12.1. The Bertz CT molecular complexity index is 331. The highest BCUT2D eigenvalue weighted by Gasteiger charge is 2.14. The molecular formula is C13H23N3S. The summed E-state index contributed by atoms with van der Waals surface area (Å²) in [5, 5.41) is 6.83. The van der Waals surface area contributed by atoms with Crippen molar-refractivity contribution in [3.8, 4) is 0 Å². The molecule has 96 valence electrons. The Morgan fingerprint density at radius 3 is 2.88 bits per heavy atom. The molecule has 0 amide bonds. The topological polar surface area (TPSA) is 28.2 Å². The van der Waals surface area contributed by atoms with Crippen molar-refractivity contribution in [2.24, 2.45) is 5.92 Å². The number of aromatic nitrogens is 1. The molecule has 3 nitrogen and oxygen atoms in total. The molecule has 4 heteroatoms. The minimum atomic E-state index is 0.731. The Balaban J connectivity index is 1.60. The highest BCUT2D eigenvalue weighted by Crippen LogP contribution is 2.10. The molecule has 1 aromatic rings. The predicted octanol–water partition coefficient (Wildman–Crippen LogP) is 2.27. The van der Waals surface area contributed by atoms with Crippen molar-refractivity contribution in [2.75, 3.05) is 26.2 Å². The second-order valence-corrected chi connectivity index (χ2v) is 6.07. The van der Waals surface area contributed by atoms with Crippen molar-refractivity contribution in [2.45, 2.75) is 33.2 Å². The standard InChI is InChI=1S/C13H23N3S/c1-11(9-16-5-3-4-6-16)7-14-8-13-15-12(2)10-17-13/h10-11,14H,3-9H2,1-2H3. The minimum absolute atomic E-state index is 0.731. The van der Waals surface area contributed by atoms with Crippen molar-refractivity contribution in [1.29, 1.82) is 0 Å². The summed E-state index contributed by atoms with van der Waals surface area (Å²) in [7, 11) is 0. The largest absolute Gasteiger partial charge is 0.310 e. The van der Waals surface area contributed by atoms with Gasteiger partial charge < -0.3 is 10.2 Å². The van der Waals surface area contributed by atoms with Crippen molar-refractivity contribution < 1.29 is 0 Å². The first-order chi connectivity index (χ1) is 8.24. The molecule has 1 aliphatic heterocycles. The van der Waals surface area contributed by atoms with Crippen LogP contribution < -0.4 is 5.32 Å². The Hall–Kier alpha value is -0.450. The second-order valence-electron chi connectivity index (χ2n) is 5.13. The highest BCUT2D eigenvalue weighted by molar-refractivity contribution is 7.09. The van der Waals surface area contributed by atoms with Gasteiger partial charge in [0.15, 0.2) is 0 Å². The third-order valence-corrected chi connectivity index (χ3v) is 4.17. The summed E-state index contributed by atoms with van der Waals surface area (Å²) < 4.78 is 0. The number of likely N-dealkylation sites (tertiary alicyclic amines) is 1. The van der Waals surface area contributed by atoms with Gasteiger partial charge in [0, 0.05) is 24.2 Å². The van der Waals surface area contributed by atoms with Gasteiger partial charge in [-0.1, -0.05) is 6.92 Å². The zero-order valence-electron chi connectivity index (χ0n) is 10.9. The molecule has 1 aliphatic rings. The summed E-state index contributed by atoms with van der Waals surface area (Å²) in [4.78, 5) is 7.04. The van der Waals surface area contributed by atoms with Gasteiger partial charge in [-0.25, -0.2) is 4.98 Å². The van der Waals surface area contributed by atoms with Crippen LogP contribution >= 0.6 is 11.3 Å². The van der Waals surface area contributed by atoms with Gasteiger partial charge >= 0.3 is 0 Å². The summed E-state index contributed by atoms with van der Waals surface area (Å²) in [6, 6.07) is 0. The lowest BCUT2D eigenvalue weighted by molar-refractivity contribution is 0.282. The molecule has 1 unspecified atom stereocenters. The number of hydrogen-bond acceptors (Lipinski definition) is 4. The average molecular weight is 253 g/mol. The molecule has 1 N–H and O–H groups in total. The predicted molar refractivity (Wildman–Crippen MR) is 73.4 cm³/mol. The van der Waals surface area contributed by atoms with Crippen LogP contribution in [0, 0.1) is 12.8 Å². The first-order valence-electron chi connectivity index (χ1n) is 6.58. The van der Waals surface area contributed by atoms with E-state index in [0.717, 1.165) is 24.7 Å². The molecule has 0 spiro atoms. The highest BCUT2D eigenvalue weighted by atomic mass is 32.1. The lowest BCUT2D eigenvalue weighted by atomic mass is 10.1. The van der Waals surface area contributed by atoms with Crippen LogP contribution in [0.4, 0.5) is 0 Å². The first kappa shape index (κ1) is 13.0. The lowest BCUT2D eigenvalue weighted by Gasteiger charge is -2.20. The van der Waals surface area contributed by atoms with E-state index in [1.54, 1.807) is 11.3 Å². The van der Waals surface area contributed by atoms with E-state index in [4.69, 9.17) is 0 Å². The molecule has 2 heterocycles. The van der Waals surface area contributed by atoms with Crippen LogP contribution in [-0.2, 0) is 6.54 Å². The number of aryl methyl sites for hydroxylation is 1. The van der Waals surface area contributed by atoms with Crippen molar-refractivity contribution >= 4 is 11.3 Å². The number of nitrogens with one attached hydrogen (secondary N) is 1. The van der Waals surface area contributed by atoms with E-state index in [1.165, 1.54) is 37.5 Å². The maximum absolute atomic E-state index is 4.46. The van der Waals surface area contributed by atoms with E-state index in [1.807, 2.05) is 0 Å². The normalized spacial score (nSPS) is 18.7. The summed E-state index contributed by atoms with van der Waals surface area (Å²) in [5.41, 5.74) is 1.14. The summed E-state index contributed by atoms with van der Waals surface area (Å²) >= 11 is 1.75. The Kier molecular flexibility index (Phi) is 4.95. The maximum atomic E-state index is 4.46. The monoisotopic (exact) mass is 253 g/mol. The molecule has 2 rings (SSSR count). The molecule has 1 saturated heterocycles. The smallest absolute Gasteiger partial charge is 0.107 e. The van der Waals surface area contributed by atoms with Gasteiger partial charge in [-0.15, -0.1) is 11.3 Å². The molecule has 0 bridgehead atoms. The van der Waals surface area contributed by atoms with Crippen molar-refractivity contribution in [3.63, 3.8) is 0 Å². The SMILES string of the molecule is Cc1csc(CNCC(C)CN2CCCC2)n1. The maximum Gasteiger partial charge on any atom is 0.107 e. The zero-order valence-corrected chi connectivity index (χ0v) is 11.7. The van der Waals surface area contributed by atoms with Gasteiger partial charge in [-0.05, 0) is 45.3 Å². The molecular weight excluding hydrogens is 230 g/mol. The van der Waals surface area contributed by atoms with Crippen molar-refractivity contribution in [3.05, 3.63) is 16.1 Å². The number of rotatable bonds is 6. The van der Waals surface area contributed by atoms with Crippen LogP contribution in [-0.4, -0.2) is 36.1 Å². The summed E-state index contributed by atoms with van der Waals surface area (Å²) in [6.07, 6.45) is 2.77. The fourth-order valence-corrected chi connectivity index (χ4v) is 3.12. The van der Waals surface area contributed by atoms with E-state index in [-0.39, 0.29) is 0 Å². The van der Waals surface area contributed by atoms with Crippen LogP contribution in [0.1, 0.15) is 30.5 Å². The van der Waals surface area contributed by atoms with Crippen LogP contribution in [0.25, 0.3) is 0 Å². The van der Waals surface area contributed by atoms with Crippen LogP contribution in [0.5, 0.6) is 0 Å². The van der Waals surface area contributed by atoms with Crippen molar-refractivity contribution in [1.82, 2.24) is 15.2 Å². The van der Waals surface area contributed by atoms with Gasteiger partial charge in [-0.3, -0.25) is 0 Å².